The Morgan fingerprint density at radius 2 is 1.85 bits per heavy atom. The number of ether oxygens (including phenoxy) is 1. The van der Waals surface area contributed by atoms with Gasteiger partial charge < -0.3 is 22.5 Å². The number of nitrogens with one attached hydrogen (secondary N) is 1. The molecular weight excluding hydrogens is 290 g/mol. The molecule has 0 fully saturated rings. The second kappa shape index (κ2) is 7.67. The van der Waals surface area contributed by atoms with E-state index in [9.17, 15) is 0 Å². The zero-order valence-electron chi connectivity index (χ0n) is 12.2. The lowest BCUT2D eigenvalue weighted by Crippen LogP contribution is -3.00. The van der Waals surface area contributed by atoms with Crippen molar-refractivity contribution in [3.63, 3.8) is 0 Å². The van der Waals surface area contributed by atoms with Crippen LogP contribution in [0, 0.1) is 0 Å². The lowest BCUT2D eigenvalue weighted by molar-refractivity contribution is -0.00000494. The summed E-state index contributed by atoms with van der Waals surface area (Å²) in [6, 6.07) is 12.4. The summed E-state index contributed by atoms with van der Waals surface area (Å²) in [5.74, 6) is 0.965. The smallest absolute Gasteiger partial charge is 0.124 e. The van der Waals surface area contributed by atoms with E-state index in [0.29, 0.717) is 6.61 Å². The largest absolute Gasteiger partial charge is 1.00 e. The molecule has 2 nitrogen and oxygen atoms in total. The fourth-order valence-corrected chi connectivity index (χ4v) is 2.31. The van der Waals surface area contributed by atoms with Gasteiger partial charge in [-0.05, 0) is 38.3 Å². The highest BCUT2D eigenvalue weighted by Gasteiger charge is 2.10. The molecule has 0 saturated carbocycles. The number of halogens is 1. The van der Waals surface area contributed by atoms with Gasteiger partial charge in [0.2, 0.25) is 0 Å². The molecule has 0 aliphatic rings. The zero-order chi connectivity index (χ0) is 13.7. The van der Waals surface area contributed by atoms with Crippen molar-refractivity contribution in [2.75, 3.05) is 0 Å². The molecule has 2 aromatic rings. The summed E-state index contributed by atoms with van der Waals surface area (Å²) >= 11 is 1.73. The maximum atomic E-state index is 5.92. The van der Waals surface area contributed by atoms with E-state index in [1.807, 2.05) is 12.1 Å². The van der Waals surface area contributed by atoms with Gasteiger partial charge in [0.25, 0.3) is 0 Å². The third-order valence-corrected chi connectivity index (χ3v) is 3.58. The third kappa shape index (κ3) is 5.53. The molecular formula is C16H21ClNOS-. The minimum atomic E-state index is 0. The Morgan fingerprint density at radius 3 is 2.50 bits per heavy atom. The van der Waals surface area contributed by atoms with Crippen molar-refractivity contribution in [3.05, 3.63) is 52.2 Å². The topological polar surface area (TPSA) is 21.3 Å². The number of hydrogen-bond donors (Lipinski definition) is 1. The Bertz CT molecular complexity index is 505. The third-order valence-electron chi connectivity index (χ3n) is 2.73. The predicted octanol–water partition coefficient (Wildman–Crippen LogP) is 1.22. The van der Waals surface area contributed by atoms with E-state index >= 15 is 0 Å². The molecule has 0 spiro atoms. The van der Waals surface area contributed by atoms with E-state index in [1.54, 1.807) is 11.3 Å². The molecule has 0 bridgehead atoms. The molecule has 1 N–H and O–H groups in total. The predicted molar refractivity (Wildman–Crippen MR) is 81.7 cm³/mol. The van der Waals surface area contributed by atoms with Gasteiger partial charge in [0, 0.05) is 22.5 Å². The molecule has 1 aromatic heterocycles. The standard InChI is InChI=1S/C16H21NOS.ClH/c1-16(2,3)17-11-13-7-4-5-9-15(13)18-12-14-8-6-10-19-14;/h4-10,17H,11-12H2,1-3H3;1H/p-1. The van der Waals surface area contributed by atoms with Crippen LogP contribution in [-0.4, -0.2) is 5.54 Å². The Hall–Kier alpha value is -1.03. The van der Waals surface area contributed by atoms with Gasteiger partial charge in [-0.2, -0.15) is 0 Å². The van der Waals surface area contributed by atoms with Gasteiger partial charge in [0.1, 0.15) is 12.4 Å². The summed E-state index contributed by atoms with van der Waals surface area (Å²) < 4.78 is 5.92. The minimum Gasteiger partial charge on any atom is -1.00 e. The van der Waals surface area contributed by atoms with Crippen LogP contribution in [0.4, 0.5) is 0 Å². The molecule has 2 rings (SSSR count). The van der Waals surface area contributed by atoms with Crippen LogP contribution in [0.15, 0.2) is 41.8 Å². The number of thiophene rings is 1. The first-order chi connectivity index (χ1) is 9.04. The van der Waals surface area contributed by atoms with E-state index in [1.165, 1.54) is 10.4 Å². The van der Waals surface area contributed by atoms with E-state index in [-0.39, 0.29) is 17.9 Å². The van der Waals surface area contributed by atoms with E-state index in [2.05, 4.69) is 55.7 Å². The lowest BCUT2D eigenvalue weighted by Gasteiger charge is -2.21. The van der Waals surface area contributed by atoms with Crippen LogP contribution in [0.25, 0.3) is 0 Å². The highest BCUT2D eigenvalue weighted by Crippen LogP contribution is 2.21. The number of para-hydroxylation sites is 1. The molecule has 0 saturated heterocycles. The first-order valence-electron chi connectivity index (χ1n) is 6.53. The van der Waals surface area contributed by atoms with Crippen LogP contribution < -0.4 is 22.5 Å². The van der Waals surface area contributed by atoms with E-state index < -0.39 is 0 Å². The van der Waals surface area contributed by atoms with Crippen LogP contribution in [0.1, 0.15) is 31.2 Å². The van der Waals surface area contributed by atoms with Crippen molar-refractivity contribution in [1.29, 1.82) is 0 Å². The summed E-state index contributed by atoms with van der Waals surface area (Å²) in [5, 5.41) is 5.57. The van der Waals surface area contributed by atoms with Crippen LogP contribution >= 0.6 is 11.3 Å². The fraction of sp³-hybridized carbons (Fsp3) is 0.375. The molecule has 20 heavy (non-hydrogen) atoms. The molecule has 0 atom stereocenters. The molecule has 110 valence electrons. The van der Waals surface area contributed by atoms with E-state index in [4.69, 9.17) is 4.74 Å². The van der Waals surface area contributed by atoms with Crippen molar-refractivity contribution in [1.82, 2.24) is 5.32 Å². The number of rotatable bonds is 5. The lowest BCUT2D eigenvalue weighted by atomic mass is 10.1. The van der Waals surface area contributed by atoms with Crippen molar-refractivity contribution in [2.45, 2.75) is 39.5 Å². The molecule has 1 aromatic carbocycles. The molecule has 0 amide bonds. The Balaban J connectivity index is 0.00000200. The first kappa shape index (κ1) is 17.0. The average molecular weight is 311 g/mol. The number of benzene rings is 1. The van der Waals surface area contributed by atoms with Gasteiger partial charge >= 0.3 is 0 Å². The van der Waals surface area contributed by atoms with E-state index in [0.717, 1.165) is 12.3 Å². The summed E-state index contributed by atoms with van der Waals surface area (Å²) in [6.45, 7) is 7.97. The minimum absolute atomic E-state index is 0. The first-order valence-corrected chi connectivity index (χ1v) is 7.41. The second-order valence-corrected chi connectivity index (χ2v) is 6.61. The maximum absolute atomic E-state index is 5.92. The highest BCUT2D eigenvalue weighted by molar-refractivity contribution is 7.09. The fourth-order valence-electron chi connectivity index (χ4n) is 1.69. The Kier molecular flexibility index (Phi) is 6.53. The molecule has 0 aliphatic carbocycles. The SMILES string of the molecule is CC(C)(C)NCc1ccccc1OCc1cccs1.[Cl-]. The molecule has 0 unspecified atom stereocenters. The quantitative estimate of drug-likeness (QED) is 0.896. The molecule has 0 radical (unpaired) electrons. The van der Waals surface area contributed by atoms with Gasteiger partial charge in [-0.3, -0.25) is 0 Å². The second-order valence-electron chi connectivity index (χ2n) is 5.58. The monoisotopic (exact) mass is 310 g/mol. The Labute approximate surface area is 131 Å². The molecule has 4 heteroatoms. The van der Waals surface area contributed by atoms with Gasteiger partial charge in [0.15, 0.2) is 0 Å². The highest BCUT2D eigenvalue weighted by atomic mass is 35.5. The van der Waals surface area contributed by atoms with Crippen molar-refractivity contribution < 1.29 is 17.1 Å². The van der Waals surface area contributed by atoms with Gasteiger partial charge in [0.05, 0.1) is 0 Å². The molecule has 0 aliphatic heterocycles. The Morgan fingerprint density at radius 1 is 1.10 bits per heavy atom. The normalized spacial score (nSPS) is 10.9. The van der Waals surface area contributed by atoms with Crippen LogP contribution in [0.5, 0.6) is 5.75 Å². The summed E-state index contributed by atoms with van der Waals surface area (Å²) in [7, 11) is 0. The summed E-state index contributed by atoms with van der Waals surface area (Å²) in [6.07, 6.45) is 0. The zero-order valence-corrected chi connectivity index (χ0v) is 13.7. The maximum Gasteiger partial charge on any atom is 0.124 e. The number of hydrogen-bond acceptors (Lipinski definition) is 3. The molecule has 1 heterocycles. The average Bonchev–Trinajstić information content (AvgIpc) is 2.87. The summed E-state index contributed by atoms with van der Waals surface area (Å²) in [5.41, 5.74) is 1.31. The van der Waals surface area contributed by atoms with Crippen molar-refractivity contribution in [2.24, 2.45) is 0 Å². The van der Waals surface area contributed by atoms with Crippen molar-refractivity contribution in [3.8, 4) is 5.75 Å². The van der Waals surface area contributed by atoms with Gasteiger partial charge in [-0.15, -0.1) is 11.3 Å². The van der Waals surface area contributed by atoms with Crippen LogP contribution in [0.2, 0.25) is 0 Å². The van der Waals surface area contributed by atoms with Gasteiger partial charge in [-0.25, -0.2) is 0 Å². The summed E-state index contributed by atoms with van der Waals surface area (Å²) in [4.78, 5) is 1.25. The van der Waals surface area contributed by atoms with Gasteiger partial charge in [-0.1, -0.05) is 24.3 Å². The van der Waals surface area contributed by atoms with Crippen molar-refractivity contribution >= 4 is 11.3 Å². The van der Waals surface area contributed by atoms with Crippen LogP contribution in [-0.2, 0) is 13.2 Å². The van der Waals surface area contributed by atoms with Crippen LogP contribution in [0.3, 0.4) is 0 Å².